The van der Waals surface area contributed by atoms with Gasteiger partial charge in [-0.25, -0.2) is 22.3 Å². The van der Waals surface area contributed by atoms with Crippen LogP contribution in [0.25, 0.3) is 0 Å². The van der Waals surface area contributed by atoms with Crippen LogP contribution < -0.4 is 9.29 Å². The van der Waals surface area contributed by atoms with Crippen molar-refractivity contribution in [3.8, 4) is 0 Å². The summed E-state index contributed by atoms with van der Waals surface area (Å²) in [6, 6.07) is 0. The van der Waals surface area contributed by atoms with Gasteiger partial charge in [0.05, 0.1) is 24.9 Å². The fourth-order valence-electron chi connectivity index (χ4n) is 5.30. The number of nitrogens with one attached hydrogen (secondary N) is 1. The first-order valence-corrected chi connectivity index (χ1v) is 12.1. The van der Waals surface area contributed by atoms with E-state index in [4.69, 9.17) is 0 Å². The standard InChI is InChI=1S/C20H36N3O3S/c1-4-5-10-22-12-13-23(16-22)11-6-9-21-27(25,26)15-20-8-7-17(14-18(20)24)19(20,2)3/h12-13,16-18,21,24H,4-11,14-15H2,1-3H3/q+1/t17-,18?,20-/m1/s1. The van der Waals surface area contributed by atoms with Gasteiger partial charge in [-0.2, -0.15) is 0 Å². The summed E-state index contributed by atoms with van der Waals surface area (Å²) >= 11 is 0. The van der Waals surface area contributed by atoms with Crippen LogP contribution >= 0.6 is 0 Å². The van der Waals surface area contributed by atoms with Crippen molar-refractivity contribution in [2.75, 3.05) is 12.3 Å². The van der Waals surface area contributed by atoms with Gasteiger partial charge in [-0.05, 0) is 43.4 Å². The molecule has 27 heavy (non-hydrogen) atoms. The number of aliphatic hydroxyl groups is 1. The predicted octanol–water partition coefficient (Wildman–Crippen LogP) is 2.07. The van der Waals surface area contributed by atoms with Gasteiger partial charge in [0.1, 0.15) is 12.4 Å². The highest BCUT2D eigenvalue weighted by Gasteiger charge is 2.64. The third-order valence-corrected chi connectivity index (χ3v) is 8.81. The van der Waals surface area contributed by atoms with E-state index in [1.165, 1.54) is 12.8 Å². The van der Waals surface area contributed by atoms with Gasteiger partial charge in [-0.15, -0.1) is 0 Å². The smallest absolute Gasteiger partial charge is 0.243 e. The summed E-state index contributed by atoms with van der Waals surface area (Å²) < 4.78 is 32.5. The average Bonchev–Trinajstić information content (AvgIpc) is 3.19. The van der Waals surface area contributed by atoms with E-state index in [2.05, 4.69) is 47.2 Å². The molecule has 0 aromatic carbocycles. The fraction of sp³-hybridized carbons (Fsp3) is 0.850. The molecule has 0 aliphatic heterocycles. The first kappa shape index (κ1) is 20.8. The Morgan fingerprint density at radius 2 is 2.11 bits per heavy atom. The lowest BCUT2D eigenvalue weighted by Gasteiger charge is -2.40. The lowest BCUT2D eigenvalue weighted by Crippen LogP contribution is -2.47. The van der Waals surface area contributed by atoms with Gasteiger partial charge < -0.3 is 5.11 Å². The van der Waals surface area contributed by atoms with Crippen LogP contribution in [0, 0.1) is 16.7 Å². The minimum atomic E-state index is -3.40. The molecule has 6 nitrogen and oxygen atoms in total. The zero-order valence-electron chi connectivity index (χ0n) is 17.0. The van der Waals surface area contributed by atoms with E-state index < -0.39 is 21.5 Å². The van der Waals surface area contributed by atoms with Gasteiger partial charge in [-0.1, -0.05) is 27.2 Å². The molecule has 3 rings (SSSR count). The number of aliphatic hydroxyl groups excluding tert-OH is 1. The second-order valence-corrected chi connectivity index (χ2v) is 10.9. The topological polar surface area (TPSA) is 75.2 Å². The second-order valence-electron chi connectivity index (χ2n) is 9.11. The molecule has 154 valence electrons. The molecule has 1 unspecified atom stereocenters. The third kappa shape index (κ3) is 4.10. The summed E-state index contributed by atoms with van der Waals surface area (Å²) in [5.74, 6) is 0.487. The van der Waals surface area contributed by atoms with Gasteiger partial charge >= 0.3 is 0 Å². The number of rotatable bonds is 10. The van der Waals surface area contributed by atoms with Crippen LogP contribution in [0.2, 0.25) is 0 Å². The Labute approximate surface area is 164 Å². The molecule has 0 radical (unpaired) electrons. The fourth-order valence-corrected chi connectivity index (χ4v) is 7.25. The minimum absolute atomic E-state index is 0.0468. The van der Waals surface area contributed by atoms with E-state index in [9.17, 15) is 13.5 Å². The molecule has 2 aliphatic carbocycles. The lowest BCUT2D eigenvalue weighted by atomic mass is 9.70. The van der Waals surface area contributed by atoms with Crippen LogP contribution in [0.5, 0.6) is 0 Å². The number of hydrogen-bond acceptors (Lipinski definition) is 3. The van der Waals surface area contributed by atoms with Crippen LogP contribution in [0.4, 0.5) is 0 Å². The zero-order chi connectivity index (χ0) is 19.7. The van der Waals surface area contributed by atoms with E-state index in [1.54, 1.807) is 0 Å². The van der Waals surface area contributed by atoms with Crippen molar-refractivity contribution >= 4 is 10.0 Å². The molecule has 2 aliphatic rings. The molecule has 0 amide bonds. The summed E-state index contributed by atoms with van der Waals surface area (Å²) in [7, 11) is -3.40. The van der Waals surface area contributed by atoms with E-state index in [1.807, 2.05) is 6.20 Å². The number of aryl methyl sites for hydroxylation is 2. The molecule has 3 atom stereocenters. The average molecular weight is 399 g/mol. The van der Waals surface area contributed by atoms with Crippen LogP contribution in [0.3, 0.4) is 0 Å². The molecule has 1 aromatic rings. The molecule has 2 saturated carbocycles. The Balaban J connectivity index is 1.49. The highest BCUT2D eigenvalue weighted by atomic mass is 32.2. The summed E-state index contributed by atoms with van der Waals surface area (Å²) in [6.07, 6.45) is 11.4. The molecule has 2 bridgehead atoms. The molecule has 2 fully saturated rings. The number of hydrogen-bond donors (Lipinski definition) is 2. The monoisotopic (exact) mass is 398 g/mol. The zero-order valence-corrected chi connectivity index (χ0v) is 17.8. The van der Waals surface area contributed by atoms with Gasteiger partial charge in [0.15, 0.2) is 0 Å². The molecule has 1 aromatic heterocycles. The maximum atomic E-state index is 12.7. The Morgan fingerprint density at radius 3 is 2.74 bits per heavy atom. The summed E-state index contributed by atoms with van der Waals surface area (Å²) in [4.78, 5) is 0. The SMILES string of the molecule is CCCCn1cc[n+](CCCNS(=O)(=O)C[C@]23CC[C@H](CC2O)C3(C)C)c1. The van der Waals surface area contributed by atoms with Crippen LogP contribution in [-0.2, 0) is 23.1 Å². The quantitative estimate of drug-likeness (QED) is 0.468. The van der Waals surface area contributed by atoms with Crippen molar-refractivity contribution in [2.45, 2.75) is 78.5 Å². The number of nitrogens with zero attached hydrogens (tertiary/aromatic N) is 2. The van der Waals surface area contributed by atoms with Crippen molar-refractivity contribution in [2.24, 2.45) is 16.7 Å². The Bertz CT molecular complexity index is 743. The summed E-state index contributed by atoms with van der Waals surface area (Å²) in [6.45, 7) is 8.71. The van der Waals surface area contributed by atoms with E-state index in [-0.39, 0.29) is 11.2 Å². The van der Waals surface area contributed by atoms with E-state index >= 15 is 0 Å². The first-order valence-electron chi connectivity index (χ1n) is 10.4. The second kappa shape index (κ2) is 7.84. The maximum Gasteiger partial charge on any atom is 0.243 e. The van der Waals surface area contributed by atoms with Gasteiger partial charge in [0.25, 0.3) is 0 Å². The van der Waals surface area contributed by atoms with Crippen molar-refractivity contribution in [1.29, 1.82) is 0 Å². The van der Waals surface area contributed by atoms with Crippen molar-refractivity contribution < 1.29 is 18.1 Å². The van der Waals surface area contributed by atoms with Crippen molar-refractivity contribution in [3.05, 3.63) is 18.7 Å². The minimum Gasteiger partial charge on any atom is -0.392 e. The van der Waals surface area contributed by atoms with E-state index in [0.717, 1.165) is 38.8 Å². The van der Waals surface area contributed by atoms with Crippen LogP contribution in [0.1, 0.15) is 59.3 Å². The highest BCUT2D eigenvalue weighted by molar-refractivity contribution is 7.89. The number of imidazole rings is 1. The summed E-state index contributed by atoms with van der Waals surface area (Å²) in [5.41, 5.74) is -0.604. The number of aromatic nitrogens is 2. The maximum absolute atomic E-state index is 12.7. The largest absolute Gasteiger partial charge is 0.392 e. The normalized spacial score (nSPS) is 29.5. The summed E-state index contributed by atoms with van der Waals surface area (Å²) in [5, 5.41) is 10.6. The molecule has 1 heterocycles. The number of unbranched alkanes of at least 4 members (excludes halogenated alkanes) is 1. The molecule has 2 N–H and O–H groups in total. The Kier molecular flexibility index (Phi) is 6.04. The Hall–Kier alpha value is -0.920. The lowest BCUT2D eigenvalue weighted by molar-refractivity contribution is -0.696. The molecular formula is C20H36N3O3S+. The van der Waals surface area contributed by atoms with Gasteiger partial charge in [-0.3, -0.25) is 0 Å². The van der Waals surface area contributed by atoms with Gasteiger partial charge in [0.2, 0.25) is 16.4 Å². The van der Waals surface area contributed by atoms with Crippen LogP contribution in [-0.4, -0.2) is 36.5 Å². The van der Waals surface area contributed by atoms with Crippen molar-refractivity contribution in [1.82, 2.24) is 9.29 Å². The molecule has 7 heteroatoms. The van der Waals surface area contributed by atoms with Crippen molar-refractivity contribution in [3.63, 3.8) is 0 Å². The molecule has 0 spiro atoms. The molecular weight excluding hydrogens is 362 g/mol. The van der Waals surface area contributed by atoms with Crippen LogP contribution in [0.15, 0.2) is 18.7 Å². The first-order chi connectivity index (χ1) is 12.7. The molecule has 0 saturated heterocycles. The Morgan fingerprint density at radius 1 is 1.33 bits per heavy atom. The highest BCUT2D eigenvalue weighted by Crippen LogP contribution is 2.65. The number of sulfonamides is 1. The van der Waals surface area contributed by atoms with Gasteiger partial charge in [0, 0.05) is 12.0 Å². The third-order valence-electron chi connectivity index (χ3n) is 7.27. The predicted molar refractivity (Wildman–Crippen MR) is 106 cm³/mol. The van der Waals surface area contributed by atoms with E-state index in [0.29, 0.717) is 12.5 Å². The number of fused-ring (bicyclic) bond motifs is 2.